The van der Waals surface area contributed by atoms with Gasteiger partial charge in [-0.1, -0.05) is 184 Å². The number of para-hydroxylation sites is 4. The van der Waals surface area contributed by atoms with Crippen molar-refractivity contribution in [2.45, 2.75) is 54.4 Å². The molecule has 0 fully saturated rings. The van der Waals surface area contributed by atoms with E-state index in [-0.39, 0.29) is 0 Å². The number of hydrogen-bond donors (Lipinski definition) is 0. The van der Waals surface area contributed by atoms with E-state index in [0.29, 0.717) is 0 Å². The monoisotopic (exact) mass is 980 g/mol. The molecule has 0 amide bonds. The summed E-state index contributed by atoms with van der Waals surface area (Å²) in [5.74, 6) is 0. The second-order valence-corrected chi connectivity index (χ2v) is 20.7. The van der Waals surface area contributed by atoms with Gasteiger partial charge in [0.2, 0.25) is 0 Å². The molecule has 4 heteroatoms. The van der Waals surface area contributed by atoms with Crippen LogP contribution in [0.1, 0.15) is 47.2 Å². The zero-order chi connectivity index (χ0) is 51.3. The summed E-state index contributed by atoms with van der Waals surface area (Å²) < 4.78 is 14.5. The smallest absolute Gasteiger partial charge is 0.159 e. The summed E-state index contributed by atoms with van der Waals surface area (Å²) in [7, 11) is 0. The van der Waals surface area contributed by atoms with E-state index < -0.39 is 0 Å². The maximum atomic E-state index is 7.27. The number of fused-ring (bicyclic) bond motifs is 6. The Morgan fingerprint density at radius 3 is 1.12 bits per heavy atom. The van der Waals surface area contributed by atoms with E-state index in [1.165, 1.54) is 66.1 Å². The number of benzene rings is 12. The molecule has 12 aromatic carbocycles. The maximum absolute atomic E-state index is 7.27. The first-order chi connectivity index (χ1) is 37.3. The summed E-state index contributed by atoms with van der Waals surface area (Å²) in [6, 6.07) is 76.0. The molecule has 0 spiro atoms. The van der Waals surface area contributed by atoms with Crippen molar-refractivity contribution in [1.82, 2.24) is 0 Å². The van der Waals surface area contributed by atoms with Gasteiger partial charge < -0.3 is 18.6 Å². The predicted molar refractivity (Wildman–Crippen MR) is 323 cm³/mol. The SMILES string of the molecule is CCc1ccccc1-c1cccc2c1oc1c(N(c3cc(C)ccc3C)c3ccc4ccc5c(N(c6cc(C)ccc6C)c6cccc7c6oc6c(-c8ccccc8CC)cccc67)ccc6ccc3c4c65)cccc12. The molecule has 366 valence electrons. The minimum absolute atomic E-state index is 0.860. The molecule has 2 heterocycles. The summed E-state index contributed by atoms with van der Waals surface area (Å²) in [4.78, 5) is 4.91. The molecule has 4 nitrogen and oxygen atoms in total. The highest BCUT2D eigenvalue weighted by molar-refractivity contribution is 6.29. The second kappa shape index (κ2) is 17.8. The van der Waals surface area contributed by atoms with Crippen LogP contribution in [0.5, 0.6) is 0 Å². The fourth-order valence-corrected chi connectivity index (χ4v) is 12.4. The molecule has 0 aliphatic carbocycles. The lowest BCUT2D eigenvalue weighted by atomic mass is 9.91. The Morgan fingerprint density at radius 2 is 0.684 bits per heavy atom. The fourth-order valence-electron chi connectivity index (χ4n) is 12.4. The van der Waals surface area contributed by atoms with Crippen LogP contribution >= 0.6 is 0 Å². The molecule has 76 heavy (non-hydrogen) atoms. The van der Waals surface area contributed by atoms with Crippen molar-refractivity contribution in [2.75, 3.05) is 9.80 Å². The third kappa shape index (κ3) is 6.97. The molecule has 0 unspecified atom stereocenters. The van der Waals surface area contributed by atoms with E-state index in [9.17, 15) is 0 Å². The molecule has 0 aliphatic heterocycles. The van der Waals surface area contributed by atoms with Crippen LogP contribution in [-0.2, 0) is 12.8 Å². The molecule has 2 aromatic heterocycles. The summed E-state index contributed by atoms with van der Waals surface area (Å²) >= 11 is 0. The molecule has 0 radical (unpaired) electrons. The number of furan rings is 2. The Kier molecular flexibility index (Phi) is 10.6. The zero-order valence-electron chi connectivity index (χ0n) is 43.8. The first-order valence-corrected chi connectivity index (χ1v) is 26.8. The van der Waals surface area contributed by atoms with Gasteiger partial charge in [-0.05, 0) is 143 Å². The van der Waals surface area contributed by atoms with E-state index in [4.69, 9.17) is 8.83 Å². The molecule has 0 aliphatic rings. The van der Waals surface area contributed by atoms with Crippen LogP contribution in [0.25, 0.3) is 98.4 Å². The lowest BCUT2D eigenvalue weighted by Crippen LogP contribution is -2.13. The van der Waals surface area contributed by atoms with Gasteiger partial charge in [0.15, 0.2) is 11.2 Å². The molecular formula is C72H56N2O2. The van der Waals surface area contributed by atoms with Crippen molar-refractivity contribution in [3.8, 4) is 22.3 Å². The van der Waals surface area contributed by atoms with E-state index >= 15 is 0 Å². The molecule has 0 bridgehead atoms. The van der Waals surface area contributed by atoms with Crippen molar-refractivity contribution in [3.63, 3.8) is 0 Å². The first kappa shape index (κ1) is 45.5. The van der Waals surface area contributed by atoms with Gasteiger partial charge in [-0.3, -0.25) is 0 Å². The lowest BCUT2D eigenvalue weighted by molar-refractivity contribution is 0.669. The third-order valence-electron chi connectivity index (χ3n) is 16.2. The van der Waals surface area contributed by atoms with E-state index in [2.05, 4.69) is 258 Å². The number of aryl methyl sites for hydroxylation is 6. The van der Waals surface area contributed by atoms with Gasteiger partial charge in [-0.25, -0.2) is 0 Å². The van der Waals surface area contributed by atoms with Crippen molar-refractivity contribution in [1.29, 1.82) is 0 Å². The number of nitrogens with zero attached hydrogens (tertiary/aromatic N) is 2. The highest BCUT2D eigenvalue weighted by Crippen LogP contribution is 2.52. The fraction of sp³-hybridized carbons (Fsp3) is 0.111. The zero-order valence-corrected chi connectivity index (χ0v) is 43.8. The quantitative estimate of drug-likeness (QED) is 0.128. The number of hydrogen-bond acceptors (Lipinski definition) is 4. The van der Waals surface area contributed by atoms with Crippen LogP contribution in [0.3, 0.4) is 0 Å². The molecular weight excluding hydrogens is 925 g/mol. The highest BCUT2D eigenvalue weighted by Gasteiger charge is 2.28. The maximum Gasteiger partial charge on any atom is 0.159 e. The Bertz CT molecular complexity index is 4330. The van der Waals surface area contributed by atoms with Gasteiger partial charge >= 0.3 is 0 Å². The average molecular weight is 981 g/mol. The minimum atomic E-state index is 0.860. The van der Waals surface area contributed by atoms with Crippen LogP contribution in [0.2, 0.25) is 0 Å². The first-order valence-electron chi connectivity index (χ1n) is 26.8. The van der Waals surface area contributed by atoms with E-state index in [0.717, 1.165) is 113 Å². The number of rotatable bonds is 10. The van der Waals surface area contributed by atoms with Gasteiger partial charge in [0.05, 0.1) is 22.7 Å². The summed E-state index contributed by atoms with van der Waals surface area (Å²) in [5, 5.41) is 11.6. The standard InChI is InChI=1S/C72H56N2O2/c1-7-47-17-9-11-19-51(47)53-21-13-23-55-57-25-15-27-63(71(57)75-69(53)55)73(65-41-43(3)29-31-45(65)5)61-39-35-49-34-38-60-62(40-36-50-33-37-59(61)67(49)68(50)60)74(66-42-44(4)30-32-46(66)6)64-28-16-26-58-56-24-14-22-54(70(56)76-72(58)64)52-20-12-10-18-48(52)8-2/h9-42H,7-8H2,1-6H3. The minimum Gasteiger partial charge on any atom is -0.453 e. The molecule has 0 N–H and O–H groups in total. The van der Waals surface area contributed by atoms with Gasteiger partial charge in [0, 0.05) is 54.8 Å². The van der Waals surface area contributed by atoms with Crippen molar-refractivity contribution in [3.05, 3.63) is 240 Å². The molecule has 14 rings (SSSR count). The van der Waals surface area contributed by atoms with E-state index in [1.807, 2.05) is 0 Å². The Hall–Kier alpha value is -9.12. The van der Waals surface area contributed by atoms with Crippen LogP contribution in [0, 0.1) is 27.7 Å². The van der Waals surface area contributed by atoms with Crippen LogP contribution in [-0.4, -0.2) is 0 Å². The summed E-state index contributed by atoms with van der Waals surface area (Å²) in [6.07, 6.45) is 1.87. The highest BCUT2D eigenvalue weighted by atomic mass is 16.3. The largest absolute Gasteiger partial charge is 0.453 e. The molecule has 0 saturated heterocycles. The Morgan fingerprint density at radius 1 is 0.303 bits per heavy atom. The van der Waals surface area contributed by atoms with Gasteiger partial charge in [0.1, 0.15) is 11.2 Å². The van der Waals surface area contributed by atoms with E-state index in [1.54, 1.807) is 0 Å². The third-order valence-corrected chi connectivity index (χ3v) is 16.2. The van der Waals surface area contributed by atoms with Gasteiger partial charge in [-0.2, -0.15) is 0 Å². The summed E-state index contributed by atoms with van der Waals surface area (Å²) in [5.41, 5.74) is 21.9. The Balaban J connectivity index is 1.02. The molecule has 0 saturated carbocycles. The second-order valence-electron chi connectivity index (χ2n) is 20.7. The van der Waals surface area contributed by atoms with Crippen LogP contribution < -0.4 is 9.80 Å². The van der Waals surface area contributed by atoms with Crippen LogP contribution in [0.4, 0.5) is 34.1 Å². The predicted octanol–water partition coefficient (Wildman–Crippen LogP) is 21.0. The van der Waals surface area contributed by atoms with Crippen molar-refractivity contribution < 1.29 is 8.83 Å². The topological polar surface area (TPSA) is 32.8 Å². The average Bonchev–Trinajstić information content (AvgIpc) is 4.06. The van der Waals surface area contributed by atoms with Gasteiger partial charge in [0.25, 0.3) is 0 Å². The van der Waals surface area contributed by atoms with Crippen LogP contribution in [0.15, 0.2) is 215 Å². The lowest BCUT2D eigenvalue weighted by Gasteiger charge is -2.30. The number of anilines is 6. The van der Waals surface area contributed by atoms with Crippen molar-refractivity contribution in [2.24, 2.45) is 0 Å². The summed E-state index contributed by atoms with van der Waals surface area (Å²) in [6.45, 7) is 13.3. The van der Waals surface area contributed by atoms with Gasteiger partial charge in [-0.15, -0.1) is 0 Å². The molecule has 0 atom stereocenters. The molecule has 14 aromatic rings. The van der Waals surface area contributed by atoms with Crippen molar-refractivity contribution >= 4 is 110 Å². The normalized spacial score (nSPS) is 11.9. The Labute approximate surface area is 443 Å².